The lowest BCUT2D eigenvalue weighted by atomic mass is 9.90. The molecule has 0 bridgehead atoms. The summed E-state index contributed by atoms with van der Waals surface area (Å²) in [6.45, 7) is 1.03. The van der Waals surface area contributed by atoms with E-state index in [0.29, 0.717) is 17.7 Å². The van der Waals surface area contributed by atoms with Crippen LogP contribution in [-0.4, -0.2) is 37.0 Å². The number of alkyl halides is 3. The number of hydrogen-bond acceptors (Lipinski definition) is 5. The molecule has 0 radical (unpaired) electrons. The molecule has 0 saturated heterocycles. The van der Waals surface area contributed by atoms with Gasteiger partial charge in [0.25, 0.3) is 0 Å². The summed E-state index contributed by atoms with van der Waals surface area (Å²) in [5.74, 6) is -1.79. The molecule has 0 aliphatic heterocycles. The van der Waals surface area contributed by atoms with Crippen LogP contribution >= 0.6 is 0 Å². The molecule has 4 N–H and O–H groups in total. The van der Waals surface area contributed by atoms with Crippen molar-refractivity contribution in [2.75, 3.05) is 19.4 Å². The molecule has 2 aromatic rings. The molecule has 33 heavy (non-hydrogen) atoms. The van der Waals surface area contributed by atoms with Crippen molar-refractivity contribution >= 4 is 23.5 Å². The lowest BCUT2D eigenvalue weighted by molar-refractivity contribution is -0.142. The molecule has 0 spiro atoms. The molecule has 2 rings (SSSR count). The van der Waals surface area contributed by atoms with Crippen LogP contribution in [0.1, 0.15) is 30.0 Å². The summed E-state index contributed by atoms with van der Waals surface area (Å²) in [7, 11) is 1.16. The molecule has 10 heteroatoms. The Morgan fingerprint density at radius 1 is 0.970 bits per heavy atom. The van der Waals surface area contributed by atoms with E-state index in [4.69, 9.17) is 5.73 Å². The van der Waals surface area contributed by atoms with Crippen molar-refractivity contribution in [1.82, 2.24) is 10.6 Å². The van der Waals surface area contributed by atoms with Crippen LogP contribution in [0.25, 0.3) is 0 Å². The number of methoxy groups -OCH3 is 1. The van der Waals surface area contributed by atoms with Crippen molar-refractivity contribution in [2.24, 2.45) is 0 Å². The third-order valence-electron chi connectivity index (χ3n) is 5.00. The van der Waals surface area contributed by atoms with Gasteiger partial charge >= 0.3 is 12.1 Å². The van der Waals surface area contributed by atoms with Gasteiger partial charge < -0.3 is 21.1 Å². The van der Waals surface area contributed by atoms with Crippen molar-refractivity contribution in [3.05, 3.63) is 65.2 Å². The van der Waals surface area contributed by atoms with E-state index in [1.807, 2.05) is 0 Å². The Morgan fingerprint density at radius 3 is 2.09 bits per heavy atom. The summed E-state index contributed by atoms with van der Waals surface area (Å²) >= 11 is 0. The summed E-state index contributed by atoms with van der Waals surface area (Å²) < 4.78 is 43.0. The van der Waals surface area contributed by atoms with E-state index in [9.17, 15) is 27.6 Å². The van der Waals surface area contributed by atoms with Gasteiger partial charge in [-0.1, -0.05) is 24.3 Å². The van der Waals surface area contributed by atoms with E-state index in [1.54, 1.807) is 24.3 Å². The molecular formula is C23H26F3N3O4. The number of ether oxygens (including phenoxy) is 1. The van der Waals surface area contributed by atoms with Crippen LogP contribution < -0.4 is 16.4 Å². The SMILES string of the molecule is COC(=O)CNC(=O)[C@](C)(Cc1ccc(C(F)(F)F)cc1)NC(=O)CCc1ccc(N)cc1. The van der Waals surface area contributed by atoms with Gasteiger partial charge in [0.15, 0.2) is 0 Å². The van der Waals surface area contributed by atoms with Gasteiger partial charge in [-0.2, -0.15) is 13.2 Å². The molecule has 0 saturated carbocycles. The Hall–Kier alpha value is -3.56. The fourth-order valence-electron chi connectivity index (χ4n) is 3.13. The van der Waals surface area contributed by atoms with Crippen LogP contribution in [0.4, 0.5) is 18.9 Å². The minimum absolute atomic E-state index is 0.0663. The number of rotatable bonds is 9. The van der Waals surface area contributed by atoms with Gasteiger partial charge in [0, 0.05) is 18.5 Å². The molecule has 0 fully saturated rings. The number of carbonyl (C=O) groups is 3. The van der Waals surface area contributed by atoms with E-state index < -0.39 is 41.6 Å². The lowest BCUT2D eigenvalue weighted by Gasteiger charge is -2.30. The number of esters is 1. The first-order valence-corrected chi connectivity index (χ1v) is 10.1. The Morgan fingerprint density at radius 2 is 1.55 bits per heavy atom. The highest BCUT2D eigenvalue weighted by atomic mass is 19.4. The predicted molar refractivity (Wildman–Crippen MR) is 116 cm³/mol. The number of nitrogen functional groups attached to an aromatic ring is 1. The van der Waals surface area contributed by atoms with Gasteiger partial charge in [-0.25, -0.2) is 0 Å². The molecule has 0 aliphatic carbocycles. The van der Waals surface area contributed by atoms with Gasteiger partial charge in [0.2, 0.25) is 11.8 Å². The van der Waals surface area contributed by atoms with E-state index in [0.717, 1.165) is 24.8 Å². The van der Waals surface area contributed by atoms with Gasteiger partial charge in [0.1, 0.15) is 12.1 Å². The average Bonchev–Trinajstić information content (AvgIpc) is 2.76. The van der Waals surface area contributed by atoms with Crippen LogP contribution in [0.3, 0.4) is 0 Å². The fourth-order valence-corrected chi connectivity index (χ4v) is 3.13. The largest absolute Gasteiger partial charge is 0.468 e. The first-order chi connectivity index (χ1) is 15.4. The monoisotopic (exact) mass is 465 g/mol. The van der Waals surface area contributed by atoms with Crippen LogP contribution in [-0.2, 0) is 38.1 Å². The lowest BCUT2D eigenvalue weighted by Crippen LogP contribution is -2.58. The molecular weight excluding hydrogens is 439 g/mol. The van der Waals surface area contributed by atoms with Gasteiger partial charge in [-0.3, -0.25) is 14.4 Å². The molecule has 178 valence electrons. The smallest absolute Gasteiger partial charge is 0.416 e. The standard InChI is InChI=1S/C23H26F3N3O4/c1-22(21(32)28-14-20(31)33-2,13-16-3-8-17(9-4-16)23(24,25)26)29-19(30)12-7-15-5-10-18(27)11-6-15/h3-6,8-11H,7,12-14,27H2,1-2H3,(H,28,32)(H,29,30)/t22-/m0/s1. The number of halogens is 3. The number of nitrogens with two attached hydrogens (primary N) is 1. The highest BCUT2D eigenvalue weighted by molar-refractivity contribution is 5.93. The van der Waals surface area contributed by atoms with Gasteiger partial charge in [-0.15, -0.1) is 0 Å². The summed E-state index contributed by atoms with van der Waals surface area (Å²) in [6, 6.07) is 11.3. The number of amides is 2. The predicted octanol–water partition coefficient (Wildman–Crippen LogP) is 2.63. The van der Waals surface area contributed by atoms with Crippen LogP contribution in [0.5, 0.6) is 0 Å². The molecule has 1 atom stereocenters. The summed E-state index contributed by atoms with van der Waals surface area (Å²) in [5.41, 5.74) is 5.17. The van der Waals surface area contributed by atoms with E-state index in [2.05, 4.69) is 15.4 Å². The van der Waals surface area contributed by atoms with Crippen LogP contribution in [0.2, 0.25) is 0 Å². The zero-order valence-electron chi connectivity index (χ0n) is 18.3. The highest BCUT2D eigenvalue weighted by Gasteiger charge is 2.36. The van der Waals surface area contributed by atoms with Crippen molar-refractivity contribution in [2.45, 2.75) is 37.9 Å². The summed E-state index contributed by atoms with van der Waals surface area (Å²) in [4.78, 5) is 36.9. The molecule has 2 aromatic carbocycles. The van der Waals surface area contributed by atoms with E-state index >= 15 is 0 Å². The molecule has 0 unspecified atom stereocenters. The quantitative estimate of drug-likeness (QED) is 0.390. The van der Waals surface area contributed by atoms with Crippen molar-refractivity contribution < 1.29 is 32.3 Å². The minimum Gasteiger partial charge on any atom is -0.468 e. The molecule has 0 aliphatic rings. The number of nitrogens with one attached hydrogen (secondary N) is 2. The second-order valence-corrected chi connectivity index (χ2v) is 7.75. The molecule has 7 nitrogen and oxygen atoms in total. The minimum atomic E-state index is -4.49. The number of anilines is 1. The summed E-state index contributed by atoms with van der Waals surface area (Å²) in [5, 5.41) is 5.05. The maximum absolute atomic E-state index is 12.8. The number of hydrogen-bond donors (Lipinski definition) is 3. The second-order valence-electron chi connectivity index (χ2n) is 7.75. The summed E-state index contributed by atoms with van der Waals surface area (Å²) in [6.07, 6.45) is -4.12. The molecule has 2 amide bonds. The maximum atomic E-state index is 12.8. The third-order valence-corrected chi connectivity index (χ3v) is 5.00. The first-order valence-electron chi connectivity index (χ1n) is 10.1. The zero-order chi connectivity index (χ0) is 24.6. The van der Waals surface area contributed by atoms with Crippen molar-refractivity contribution in [3.63, 3.8) is 0 Å². The Balaban J connectivity index is 2.14. The van der Waals surface area contributed by atoms with Crippen LogP contribution in [0.15, 0.2) is 48.5 Å². The number of carbonyl (C=O) groups excluding carboxylic acids is 3. The Kier molecular flexibility index (Phi) is 8.44. The average molecular weight is 465 g/mol. The Bertz CT molecular complexity index is 976. The fraction of sp³-hybridized carbons (Fsp3) is 0.348. The first kappa shape index (κ1) is 25.7. The van der Waals surface area contributed by atoms with Crippen molar-refractivity contribution in [3.8, 4) is 0 Å². The number of benzene rings is 2. The van der Waals surface area contributed by atoms with Gasteiger partial charge in [0.05, 0.1) is 12.7 Å². The second kappa shape index (κ2) is 10.8. The highest BCUT2D eigenvalue weighted by Crippen LogP contribution is 2.29. The third kappa shape index (κ3) is 7.81. The van der Waals surface area contributed by atoms with Gasteiger partial charge in [-0.05, 0) is 48.7 Å². The Labute approximate surface area is 189 Å². The molecule has 0 heterocycles. The maximum Gasteiger partial charge on any atom is 0.416 e. The van der Waals surface area contributed by atoms with E-state index in [1.165, 1.54) is 19.1 Å². The number of aryl methyl sites for hydroxylation is 1. The normalized spacial score (nSPS) is 13.0. The van der Waals surface area contributed by atoms with Crippen molar-refractivity contribution in [1.29, 1.82) is 0 Å². The zero-order valence-corrected chi connectivity index (χ0v) is 18.3. The topological polar surface area (TPSA) is 111 Å². The molecule has 0 aromatic heterocycles. The van der Waals surface area contributed by atoms with E-state index in [-0.39, 0.29) is 12.8 Å². The van der Waals surface area contributed by atoms with Crippen LogP contribution in [0, 0.1) is 0 Å².